The van der Waals surface area contributed by atoms with Crippen LogP contribution in [-0.4, -0.2) is 27.9 Å². The number of pyridine rings is 1. The number of hydrogen-bond donors (Lipinski definition) is 3. The van der Waals surface area contributed by atoms with Gasteiger partial charge in [0.1, 0.15) is 11.4 Å². The van der Waals surface area contributed by atoms with Gasteiger partial charge < -0.3 is 15.2 Å². The van der Waals surface area contributed by atoms with Crippen molar-refractivity contribution in [2.75, 3.05) is 5.32 Å². The molecule has 8 heteroatoms. The van der Waals surface area contributed by atoms with E-state index in [0.29, 0.717) is 0 Å². The lowest BCUT2D eigenvalue weighted by Gasteiger charge is -2.43. The number of benzene rings is 1. The van der Waals surface area contributed by atoms with E-state index in [9.17, 15) is 9.59 Å². The summed E-state index contributed by atoms with van der Waals surface area (Å²) in [7, 11) is 0. The van der Waals surface area contributed by atoms with Gasteiger partial charge in [-0.3, -0.25) is 5.32 Å². The van der Waals surface area contributed by atoms with Gasteiger partial charge in [0, 0.05) is 11.8 Å². The van der Waals surface area contributed by atoms with Gasteiger partial charge >= 0.3 is 12.2 Å². The molecule has 2 heterocycles. The minimum absolute atomic E-state index is 0.277. The van der Waals surface area contributed by atoms with Gasteiger partial charge in [-0.25, -0.2) is 14.6 Å². The standard InChI is InChI=1S/C25H27N3O4S/c1-24(2,3)32-23(31)28-25(10-4-11-25)18-7-5-16(6-8-18)20-14-26-21(27-22(29)30)13-19(20)17-9-12-33-15-17/h5-9,12-15H,4,10-11H2,1-3H3,(H,26,27)(H,28,31)(H,29,30). The average molecular weight is 466 g/mol. The number of amides is 2. The van der Waals surface area contributed by atoms with E-state index in [4.69, 9.17) is 9.84 Å². The Morgan fingerprint density at radius 1 is 1.09 bits per heavy atom. The zero-order valence-corrected chi connectivity index (χ0v) is 19.7. The highest BCUT2D eigenvalue weighted by atomic mass is 32.1. The van der Waals surface area contributed by atoms with Crippen molar-refractivity contribution in [2.24, 2.45) is 0 Å². The molecule has 0 unspecified atom stereocenters. The molecule has 0 spiro atoms. The van der Waals surface area contributed by atoms with Gasteiger partial charge in [0.05, 0.1) is 5.54 Å². The van der Waals surface area contributed by atoms with Crippen LogP contribution in [0, 0.1) is 0 Å². The number of thiophene rings is 1. The van der Waals surface area contributed by atoms with E-state index in [0.717, 1.165) is 47.1 Å². The second kappa shape index (κ2) is 8.86. The first-order valence-corrected chi connectivity index (χ1v) is 11.7. The van der Waals surface area contributed by atoms with Crippen molar-refractivity contribution in [1.82, 2.24) is 10.3 Å². The maximum atomic E-state index is 12.4. The molecule has 0 aliphatic heterocycles. The Morgan fingerprint density at radius 3 is 2.36 bits per heavy atom. The number of ether oxygens (including phenoxy) is 1. The van der Waals surface area contributed by atoms with E-state index >= 15 is 0 Å². The molecule has 2 aromatic heterocycles. The quantitative estimate of drug-likeness (QED) is 0.401. The second-order valence-corrected chi connectivity index (χ2v) is 9.98. The van der Waals surface area contributed by atoms with Crippen LogP contribution in [0.1, 0.15) is 45.6 Å². The molecule has 3 aromatic rings. The Bertz CT molecular complexity index is 1150. The first-order valence-electron chi connectivity index (χ1n) is 10.8. The first-order chi connectivity index (χ1) is 15.7. The van der Waals surface area contributed by atoms with E-state index < -0.39 is 23.3 Å². The summed E-state index contributed by atoms with van der Waals surface area (Å²) in [5.74, 6) is 0.277. The van der Waals surface area contributed by atoms with Crippen LogP contribution in [0.25, 0.3) is 22.3 Å². The van der Waals surface area contributed by atoms with Crippen molar-refractivity contribution in [3.05, 3.63) is 58.9 Å². The van der Waals surface area contributed by atoms with E-state index in [2.05, 4.69) is 15.6 Å². The summed E-state index contributed by atoms with van der Waals surface area (Å²) < 4.78 is 5.47. The minimum Gasteiger partial charge on any atom is -0.465 e. The highest BCUT2D eigenvalue weighted by Crippen LogP contribution is 2.42. The highest BCUT2D eigenvalue weighted by Gasteiger charge is 2.41. The summed E-state index contributed by atoms with van der Waals surface area (Å²) >= 11 is 1.57. The SMILES string of the molecule is CC(C)(C)OC(=O)NC1(c2ccc(-c3cnc(NC(=O)O)cc3-c3ccsc3)cc2)CCC1. The summed E-state index contributed by atoms with van der Waals surface area (Å²) in [5, 5.41) is 18.5. The Morgan fingerprint density at radius 2 is 1.82 bits per heavy atom. The summed E-state index contributed by atoms with van der Waals surface area (Å²) in [4.78, 5) is 27.8. The van der Waals surface area contributed by atoms with Crippen LogP contribution in [0.15, 0.2) is 53.4 Å². The molecule has 1 aromatic carbocycles. The third kappa shape index (κ3) is 5.17. The second-order valence-electron chi connectivity index (χ2n) is 9.20. The fourth-order valence-corrected chi connectivity index (χ4v) is 4.66. The fourth-order valence-electron chi connectivity index (χ4n) is 4.00. The third-order valence-corrected chi connectivity index (χ3v) is 6.35. The number of anilines is 1. The monoisotopic (exact) mass is 465 g/mol. The summed E-state index contributed by atoms with van der Waals surface area (Å²) in [6, 6.07) is 11.8. The van der Waals surface area contributed by atoms with Crippen LogP contribution < -0.4 is 10.6 Å². The van der Waals surface area contributed by atoms with Crippen molar-refractivity contribution in [1.29, 1.82) is 0 Å². The van der Waals surface area contributed by atoms with Crippen molar-refractivity contribution >= 4 is 29.3 Å². The Labute approximate surface area is 196 Å². The molecular formula is C25H27N3O4S. The highest BCUT2D eigenvalue weighted by molar-refractivity contribution is 7.08. The Kier molecular flexibility index (Phi) is 6.12. The smallest absolute Gasteiger partial charge is 0.410 e. The number of carbonyl (C=O) groups is 2. The van der Waals surface area contributed by atoms with E-state index in [1.807, 2.05) is 61.9 Å². The van der Waals surface area contributed by atoms with Crippen LogP contribution in [0.5, 0.6) is 0 Å². The lowest BCUT2D eigenvalue weighted by molar-refractivity contribution is 0.0377. The van der Waals surface area contributed by atoms with Gasteiger partial charge in [0.2, 0.25) is 0 Å². The maximum absolute atomic E-state index is 12.4. The van der Waals surface area contributed by atoms with Crippen molar-refractivity contribution < 1.29 is 19.4 Å². The minimum atomic E-state index is -1.15. The topological polar surface area (TPSA) is 101 Å². The predicted molar refractivity (Wildman–Crippen MR) is 130 cm³/mol. The number of nitrogens with one attached hydrogen (secondary N) is 2. The van der Waals surface area contributed by atoms with Crippen LogP contribution in [0.4, 0.5) is 15.4 Å². The number of alkyl carbamates (subject to hydrolysis) is 1. The average Bonchev–Trinajstić information content (AvgIpc) is 3.24. The van der Waals surface area contributed by atoms with E-state index in [-0.39, 0.29) is 5.82 Å². The van der Waals surface area contributed by atoms with Crippen LogP contribution in [-0.2, 0) is 10.3 Å². The van der Waals surface area contributed by atoms with Crippen LogP contribution in [0.2, 0.25) is 0 Å². The summed E-state index contributed by atoms with van der Waals surface area (Å²) in [5.41, 5.74) is 3.83. The maximum Gasteiger partial charge on any atom is 0.410 e. The normalized spacial score (nSPS) is 14.8. The predicted octanol–water partition coefficient (Wildman–Crippen LogP) is 6.47. The van der Waals surface area contributed by atoms with E-state index in [1.54, 1.807) is 23.6 Å². The molecule has 0 saturated heterocycles. The molecule has 172 valence electrons. The van der Waals surface area contributed by atoms with Crippen molar-refractivity contribution in [3.8, 4) is 22.3 Å². The molecule has 2 amide bonds. The molecule has 0 radical (unpaired) electrons. The van der Waals surface area contributed by atoms with Crippen LogP contribution >= 0.6 is 11.3 Å². The molecule has 0 atom stereocenters. The van der Waals surface area contributed by atoms with Gasteiger partial charge in [-0.2, -0.15) is 11.3 Å². The molecule has 0 bridgehead atoms. The Balaban J connectivity index is 1.63. The molecule has 4 rings (SSSR count). The van der Waals surface area contributed by atoms with Crippen LogP contribution in [0.3, 0.4) is 0 Å². The first kappa shape index (κ1) is 22.8. The number of nitrogens with zero attached hydrogens (tertiary/aromatic N) is 1. The molecular weight excluding hydrogens is 438 g/mol. The van der Waals surface area contributed by atoms with Gasteiger partial charge in [0.25, 0.3) is 0 Å². The number of carboxylic acid groups (broad SMARTS) is 1. The zero-order chi connectivity index (χ0) is 23.6. The molecule has 33 heavy (non-hydrogen) atoms. The van der Waals surface area contributed by atoms with Gasteiger partial charge in [-0.15, -0.1) is 0 Å². The number of rotatable bonds is 5. The molecule has 1 aliphatic rings. The summed E-state index contributed by atoms with van der Waals surface area (Å²) in [6.07, 6.45) is 2.90. The van der Waals surface area contributed by atoms with Gasteiger partial charge in [-0.05, 0) is 85.2 Å². The Hall–Kier alpha value is -3.39. The van der Waals surface area contributed by atoms with Crippen molar-refractivity contribution in [3.63, 3.8) is 0 Å². The van der Waals surface area contributed by atoms with Gasteiger partial charge in [-0.1, -0.05) is 24.3 Å². The number of aromatic nitrogens is 1. The molecule has 1 fully saturated rings. The van der Waals surface area contributed by atoms with E-state index in [1.165, 1.54) is 0 Å². The summed E-state index contributed by atoms with van der Waals surface area (Å²) in [6.45, 7) is 5.56. The molecule has 7 nitrogen and oxygen atoms in total. The van der Waals surface area contributed by atoms with Crippen molar-refractivity contribution in [2.45, 2.75) is 51.2 Å². The molecule has 1 aliphatic carbocycles. The fraction of sp³-hybridized carbons (Fsp3) is 0.320. The molecule has 3 N–H and O–H groups in total. The lowest BCUT2D eigenvalue weighted by Crippen LogP contribution is -2.52. The van der Waals surface area contributed by atoms with Gasteiger partial charge in [0.15, 0.2) is 0 Å². The number of carbonyl (C=O) groups excluding carboxylic acids is 1. The largest absolute Gasteiger partial charge is 0.465 e. The zero-order valence-electron chi connectivity index (χ0n) is 18.8. The third-order valence-electron chi connectivity index (χ3n) is 5.67. The number of hydrogen-bond acceptors (Lipinski definition) is 5. The molecule has 1 saturated carbocycles. The lowest BCUT2D eigenvalue weighted by atomic mass is 9.71.